The first-order valence-electron chi connectivity index (χ1n) is 5.50. The molecule has 6 N–H and O–H groups in total. The molecule has 1 unspecified atom stereocenters. The number of hydrogen-bond acceptors (Lipinski definition) is 4. The Morgan fingerprint density at radius 1 is 1.12 bits per heavy atom. The Kier molecular flexibility index (Phi) is 4.45. The van der Waals surface area contributed by atoms with Gasteiger partial charge >= 0.3 is 0 Å². The summed E-state index contributed by atoms with van der Waals surface area (Å²) in [5.74, 6) is -1.34. The highest BCUT2D eigenvalue weighted by molar-refractivity contribution is 5.88. The van der Waals surface area contributed by atoms with Crippen molar-refractivity contribution in [2.45, 2.75) is 25.3 Å². The SMILES string of the molecule is NC(=O)CN(CC(N)=O)C(=O)CC(N)C1CC1. The molecule has 0 aromatic carbocycles. The molecule has 1 aliphatic carbocycles. The first kappa shape index (κ1) is 13.4. The maximum atomic E-state index is 11.8. The number of nitrogens with zero attached hydrogens (tertiary/aromatic N) is 1. The van der Waals surface area contributed by atoms with Gasteiger partial charge in [-0.25, -0.2) is 0 Å². The van der Waals surface area contributed by atoms with Crippen LogP contribution in [0.4, 0.5) is 0 Å². The molecule has 1 atom stereocenters. The molecule has 0 aliphatic heterocycles. The maximum Gasteiger partial charge on any atom is 0.237 e. The maximum absolute atomic E-state index is 11.8. The van der Waals surface area contributed by atoms with Gasteiger partial charge in [0.2, 0.25) is 17.7 Å². The number of carbonyl (C=O) groups excluding carboxylic acids is 3. The van der Waals surface area contributed by atoms with Crippen molar-refractivity contribution >= 4 is 17.7 Å². The highest BCUT2D eigenvalue weighted by Gasteiger charge is 2.31. The van der Waals surface area contributed by atoms with Crippen molar-refractivity contribution < 1.29 is 14.4 Å². The molecule has 0 aromatic heterocycles. The zero-order valence-electron chi connectivity index (χ0n) is 9.59. The van der Waals surface area contributed by atoms with Crippen LogP contribution in [0.3, 0.4) is 0 Å². The largest absolute Gasteiger partial charge is 0.368 e. The number of rotatable bonds is 7. The van der Waals surface area contributed by atoms with Crippen LogP contribution in [0.25, 0.3) is 0 Å². The molecule has 96 valence electrons. The van der Waals surface area contributed by atoms with Crippen LogP contribution in [-0.4, -0.2) is 41.8 Å². The highest BCUT2D eigenvalue weighted by Crippen LogP contribution is 2.32. The van der Waals surface area contributed by atoms with E-state index in [1.807, 2.05) is 0 Å². The quantitative estimate of drug-likeness (QED) is 0.472. The topological polar surface area (TPSA) is 133 Å². The lowest BCUT2D eigenvalue weighted by atomic mass is 10.1. The van der Waals surface area contributed by atoms with Gasteiger partial charge in [-0.2, -0.15) is 0 Å². The van der Waals surface area contributed by atoms with Crippen molar-refractivity contribution in [3.05, 3.63) is 0 Å². The van der Waals surface area contributed by atoms with Gasteiger partial charge in [-0.1, -0.05) is 0 Å². The van der Waals surface area contributed by atoms with E-state index in [1.54, 1.807) is 0 Å². The van der Waals surface area contributed by atoms with Crippen molar-refractivity contribution in [1.29, 1.82) is 0 Å². The normalized spacial score (nSPS) is 16.3. The summed E-state index contributed by atoms with van der Waals surface area (Å²) in [6.07, 6.45) is 2.17. The molecule has 1 rings (SSSR count). The Morgan fingerprint density at radius 3 is 1.94 bits per heavy atom. The van der Waals surface area contributed by atoms with Crippen molar-refractivity contribution in [1.82, 2.24) is 4.90 Å². The van der Waals surface area contributed by atoms with E-state index in [9.17, 15) is 14.4 Å². The zero-order valence-corrected chi connectivity index (χ0v) is 9.59. The number of primary amides is 2. The number of amides is 3. The summed E-state index contributed by atoms with van der Waals surface area (Å²) in [7, 11) is 0. The van der Waals surface area contributed by atoms with E-state index in [0.29, 0.717) is 5.92 Å². The Balaban J connectivity index is 2.51. The van der Waals surface area contributed by atoms with E-state index in [4.69, 9.17) is 17.2 Å². The Morgan fingerprint density at radius 2 is 1.59 bits per heavy atom. The van der Waals surface area contributed by atoms with Gasteiger partial charge in [-0.3, -0.25) is 14.4 Å². The monoisotopic (exact) mass is 242 g/mol. The molecule has 1 aliphatic rings. The van der Waals surface area contributed by atoms with Gasteiger partial charge in [0.05, 0.1) is 13.1 Å². The predicted molar refractivity (Wildman–Crippen MR) is 60.3 cm³/mol. The summed E-state index contributed by atoms with van der Waals surface area (Å²) in [6.45, 7) is -0.613. The van der Waals surface area contributed by atoms with E-state index in [1.165, 1.54) is 0 Å². The molecular weight excluding hydrogens is 224 g/mol. The average Bonchev–Trinajstić information content (AvgIpc) is 2.97. The van der Waals surface area contributed by atoms with Crippen LogP contribution >= 0.6 is 0 Å². The van der Waals surface area contributed by atoms with Gasteiger partial charge in [0.1, 0.15) is 0 Å². The van der Waals surface area contributed by atoms with E-state index in [-0.39, 0.29) is 31.5 Å². The Labute approximate surface area is 99.3 Å². The first-order valence-corrected chi connectivity index (χ1v) is 5.50. The summed E-state index contributed by atoms with van der Waals surface area (Å²) in [5.41, 5.74) is 15.8. The fourth-order valence-corrected chi connectivity index (χ4v) is 1.63. The van der Waals surface area contributed by atoms with Crippen LogP contribution in [0.1, 0.15) is 19.3 Å². The van der Waals surface area contributed by atoms with Gasteiger partial charge in [0.15, 0.2) is 0 Å². The minimum absolute atomic E-state index is 0.116. The second-order valence-electron chi connectivity index (χ2n) is 4.39. The first-order chi connectivity index (χ1) is 7.90. The van der Waals surface area contributed by atoms with Gasteiger partial charge in [0, 0.05) is 12.5 Å². The van der Waals surface area contributed by atoms with Crippen LogP contribution in [0, 0.1) is 5.92 Å². The van der Waals surface area contributed by atoms with E-state index >= 15 is 0 Å². The van der Waals surface area contributed by atoms with Crippen LogP contribution < -0.4 is 17.2 Å². The highest BCUT2D eigenvalue weighted by atomic mass is 16.2. The fourth-order valence-electron chi connectivity index (χ4n) is 1.63. The van der Waals surface area contributed by atoms with Crippen LogP contribution in [-0.2, 0) is 14.4 Å². The molecule has 3 amide bonds. The molecule has 1 fully saturated rings. The molecule has 17 heavy (non-hydrogen) atoms. The van der Waals surface area contributed by atoms with Crippen molar-refractivity contribution in [3.63, 3.8) is 0 Å². The third-order valence-electron chi connectivity index (χ3n) is 2.68. The lowest BCUT2D eigenvalue weighted by Crippen LogP contribution is -2.45. The zero-order chi connectivity index (χ0) is 13.0. The third kappa shape index (κ3) is 4.81. The second kappa shape index (κ2) is 5.62. The minimum atomic E-state index is -0.681. The molecule has 0 saturated heterocycles. The van der Waals surface area contributed by atoms with Crippen LogP contribution in [0.15, 0.2) is 0 Å². The lowest BCUT2D eigenvalue weighted by molar-refractivity contribution is -0.138. The van der Waals surface area contributed by atoms with Crippen molar-refractivity contribution in [3.8, 4) is 0 Å². The molecule has 0 radical (unpaired) electrons. The predicted octanol–water partition coefficient (Wildman–Crippen LogP) is -2.09. The summed E-state index contributed by atoms with van der Waals surface area (Å²) in [4.78, 5) is 34.4. The fraction of sp³-hybridized carbons (Fsp3) is 0.700. The second-order valence-corrected chi connectivity index (χ2v) is 4.39. The van der Waals surface area contributed by atoms with Gasteiger partial charge in [-0.15, -0.1) is 0 Å². The Hall–Kier alpha value is -1.63. The van der Waals surface area contributed by atoms with Crippen molar-refractivity contribution in [2.75, 3.05) is 13.1 Å². The minimum Gasteiger partial charge on any atom is -0.368 e. The molecule has 1 saturated carbocycles. The summed E-state index contributed by atoms with van der Waals surface area (Å²) >= 11 is 0. The summed E-state index contributed by atoms with van der Waals surface area (Å²) in [6, 6.07) is -0.217. The Bertz CT molecular complexity index is 312. The van der Waals surface area contributed by atoms with E-state index in [0.717, 1.165) is 17.7 Å². The van der Waals surface area contributed by atoms with Crippen molar-refractivity contribution in [2.24, 2.45) is 23.1 Å². The third-order valence-corrected chi connectivity index (χ3v) is 2.68. The average molecular weight is 242 g/mol. The van der Waals surface area contributed by atoms with Crippen LogP contribution in [0.5, 0.6) is 0 Å². The van der Waals surface area contributed by atoms with E-state index < -0.39 is 11.8 Å². The van der Waals surface area contributed by atoms with Gasteiger partial charge in [0.25, 0.3) is 0 Å². The number of nitrogens with two attached hydrogens (primary N) is 3. The number of hydrogen-bond donors (Lipinski definition) is 3. The van der Waals surface area contributed by atoms with E-state index in [2.05, 4.69) is 0 Å². The molecule has 0 aromatic rings. The smallest absolute Gasteiger partial charge is 0.237 e. The lowest BCUT2D eigenvalue weighted by Gasteiger charge is -2.21. The molecule has 0 heterocycles. The van der Waals surface area contributed by atoms with Crippen LogP contribution in [0.2, 0.25) is 0 Å². The summed E-state index contributed by atoms with van der Waals surface area (Å²) in [5, 5.41) is 0. The summed E-state index contributed by atoms with van der Waals surface area (Å²) < 4.78 is 0. The molecule has 7 heteroatoms. The standard InChI is InChI=1S/C10H18N4O3/c11-7(6-1-2-6)3-10(17)14(4-8(12)15)5-9(13)16/h6-7H,1-5,11H2,(H2,12,15)(H2,13,16). The van der Waals surface area contributed by atoms with Gasteiger partial charge < -0.3 is 22.1 Å². The molecule has 0 spiro atoms. The molecule has 7 nitrogen and oxygen atoms in total. The number of carbonyl (C=O) groups is 3. The molecular formula is C10H18N4O3. The van der Waals surface area contributed by atoms with Gasteiger partial charge in [-0.05, 0) is 18.8 Å². The molecule has 0 bridgehead atoms.